The molecule has 0 saturated heterocycles. The summed E-state index contributed by atoms with van der Waals surface area (Å²) >= 11 is 0. The van der Waals surface area contributed by atoms with Gasteiger partial charge >= 0.3 is 0 Å². The van der Waals surface area contributed by atoms with E-state index in [2.05, 4.69) is 0 Å². The minimum Gasteiger partial charge on any atom is -0.382 e. The predicted molar refractivity (Wildman–Crippen MR) is 111 cm³/mol. The first-order valence-electron chi connectivity index (χ1n) is 9.25. The largest absolute Gasteiger partial charge is 0.382 e. The van der Waals surface area contributed by atoms with E-state index in [0.29, 0.717) is 12.8 Å². The number of aliphatic hydroxyl groups is 1. The summed E-state index contributed by atoms with van der Waals surface area (Å²) in [6.07, 6.45) is 26.4. The molecule has 2 unspecified atom stereocenters. The van der Waals surface area contributed by atoms with Crippen molar-refractivity contribution in [2.75, 3.05) is 0 Å². The zero-order valence-corrected chi connectivity index (χ0v) is 15.9. The molecule has 1 N–H and O–H groups in total. The molecule has 2 atom stereocenters. The second kappa shape index (κ2) is 18.3. The number of hydrogen-bond acceptors (Lipinski definition) is 4. The third-order valence-electron chi connectivity index (χ3n) is 3.51. The molecule has 147 valence electrons. The van der Waals surface area contributed by atoms with Gasteiger partial charge < -0.3 is 5.11 Å². The van der Waals surface area contributed by atoms with Gasteiger partial charge in [0.05, 0.1) is 0 Å². The molecule has 0 heterocycles. The van der Waals surface area contributed by atoms with Crippen LogP contribution in [0, 0.1) is 10.1 Å². The van der Waals surface area contributed by atoms with E-state index < -0.39 is 17.1 Å². The lowest BCUT2D eigenvalue weighted by atomic mass is 10.1. The number of nitro groups is 1. The first-order chi connectivity index (χ1) is 13.1. The van der Waals surface area contributed by atoms with Crippen molar-refractivity contribution in [3.8, 4) is 0 Å². The Bertz CT molecular complexity index is 571. The molecular formula is C22H30NO4. The standard InChI is InChI=1S/C22H30NO4/c1-2-3-4-5-12-15-18-21(23(26)27)22(25)19-16-13-10-8-6-7-9-11-14-17-20-24/h3-4,6,8-13,15-16,19,21-22,25H,2,5,7,14,17-18H2,1H3/b4-3-,8-6-,11-9-,13-10-,15-12-,19-16-. The van der Waals surface area contributed by atoms with Crippen molar-refractivity contribution in [2.24, 2.45) is 0 Å². The van der Waals surface area contributed by atoms with Crippen molar-refractivity contribution in [2.45, 2.75) is 57.6 Å². The molecular weight excluding hydrogens is 342 g/mol. The normalized spacial score (nSPS) is 15.2. The van der Waals surface area contributed by atoms with Crippen LogP contribution in [0.2, 0.25) is 0 Å². The zero-order chi connectivity index (χ0) is 20.2. The van der Waals surface area contributed by atoms with E-state index in [1.165, 1.54) is 6.08 Å². The molecule has 0 bridgehead atoms. The molecule has 0 fully saturated rings. The minimum absolute atomic E-state index is 0.191. The highest BCUT2D eigenvalue weighted by Gasteiger charge is 2.25. The first-order valence-corrected chi connectivity index (χ1v) is 9.25. The fourth-order valence-corrected chi connectivity index (χ4v) is 2.05. The van der Waals surface area contributed by atoms with Crippen LogP contribution in [-0.4, -0.2) is 28.5 Å². The quantitative estimate of drug-likeness (QED) is 0.147. The average Bonchev–Trinajstić information content (AvgIpc) is 2.65. The molecule has 0 aromatic rings. The van der Waals surface area contributed by atoms with Crippen LogP contribution < -0.4 is 0 Å². The van der Waals surface area contributed by atoms with E-state index in [1.807, 2.05) is 55.7 Å². The highest BCUT2D eigenvalue weighted by Crippen LogP contribution is 2.07. The van der Waals surface area contributed by atoms with Crippen molar-refractivity contribution in [3.05, 3.63) is 83.0 Å². The van der Waals surface area contributed by atoms with Gasteiger partial charge in [-0.05, 0) is 31.8 Å². The lowest BCUT2D eigenvalue weighted by Gasteiger charge is -2.10. The van der Waals surface area contributed by atoms with Crippen LogP contribution in [0.25, 0.3) is 0 Å². The smallest absolute Gasteiger partial charge is 0.245 e. The Morgan fingerprint density at radius 2 is 1.63 bits per heavy atom. The molecule has 0 saturated carbocycles. The maximum atomic E-state index is 11.1. The van der Waals surface area contributed by atoms with E-state index in [1.54, 1.807) is 24.3 Å². The fraction of sp³-hybridized carbons (Fsp3) is 0.409. The first kappa shape index (κ1) is 24.5. The van der Waals surface area contributed by atoms with Gasteiger partial charge in [-0.15, -0.1) is 0 Å². The van der Waals surface area contributed by atoms with Gasteiger partial charge in [0, 0.05) is 17.8 Å². The van der Waals surface area contributed by atoms with Gasteiger partial charge in [-0.1, -0.05) is 73.8 Å². The maximum Gasteiger partial charge on any atom is 0.245 e. The molecule has 5 heteroatoms. The molecule has 0 aliphatic rings. The zero-order valence-electron chi connectivity index (χ0n) is 15.9. The molecule has 27 heavy (non-hydrogen) atoms. The summed E-state index contributed by atoms with van der Waals surface area (Å²) in [5, 5.41) is 21.1. The van der Waals surface area contributed by atoms with Gasteiger partial charge in [0.25, 0.3) is 0 Å². The summed E-state index contributed by atoms with van der Waals surface area (Å²) in [5.74, 6) is 0. The molecule has 0 aliphatic carbocycles. The average molecular weight is 372 g/mol. The molecule has 0 aromatic carbocycles. The van der Waals surface area contributed by atoms with Crippen LogP contribution in [0.1, 0.15) is 45.4 Å². The number of aliphatic hydroxyl groups excluding tert-OH is 1. The number of allylic oxidation sites excluding steroid dienone is 10. The van der Waals surface area contributed by atoms with Gasteiger partial charge in [0.15, 0.2) is 6.29 Å². The Hall–Kier alpha value is -2.53. The van der Waals surface area contributed by atoms with Crippen molar-refractivity contribution in [1.82, 2.24) is 0 Å². The Labute approximate surface area is 162 Å². The summed E-state index contributed by atoms with van der Waals surface area (Å²) in [4.78, 5) is 20.7. The molecule has 0 aliphatic heterocycles. The van der Waals surface area contributed by atoms with Crippen LogP contribution in [0.4, 0.5) is 0 Å². The van der Waals surface area contributed by atoms with Gasteiger partial charge in [0.2, 0.25) is 6.04 Å². The van der Waals surface area contributed by atoms with E-state index in [9.17, 15) is 20.0 Å². The monoisotopic (exact) mass is 372 g/mol. The minimum atomic E-state index is -1.14. The van der Waals surface area contributed by atoms with Crippen molar-refractivity contribution >= 4 is 6.29 Å². The molecule has 0 rings (SSSR count). The van der Waals surface area contributed by atoms with E-state index in [4.69, 9.17) is 0 Å². The van der Waals surface area contributed by atoms with Crippen LogP contribution in [-0.2, 0) is 4.79 Å². The van der Waals surface area contributed by atoms with Gasteiger partial charge in [0.1, 0.15) is 6.10 Å². The number of rotatable bonds is 15. The Morgan fingerprint density at radius 3 is 2.33 bits per heavy atom. The van der Waals surface area contributed by atoms with Crippen molar-refractivity contribution < 1.29 is 14.8 Å². The summed E-state index contributed by atoms with van der Waals surface area (Å²) in [5.41, 5.74) is 0. The number of carbonyl (C=O) groups excluding carboxylic acids is 1. The SMILES string of the molecule is CC/C=C\C/C=C\CC(C(O)\C=C/C=C\C=C/C/C=C\CC[C]=O)[N+](=O)[O-]. The third kappa shape index (κ3) is 15.4. The summed E-state index contributed by atoms with van der Waals surface area (Å²) in [7, 11) is 0. The third-order valence-corrected chi connectivity index (χ3v) is 3.51. The molecule has 0 aromatic heterocycles. The summed E-state index contributed by atoms with van der Waals surface area (Å²) in [6.45, 7) is 2.05. The Kier molecular flexibility index (Phi) is 16.6. The van der Waals surface area contributed by atoms with Crippen molar-refractivity contribution in [1.29, 1.82) is 0 Å². The van der Waals surface area contributed by atoms with E-state index in [0.717, 1.165) is 19.3 Å². The van der Waals surface area contributed by atoms with Crippen LogP contribution >= 0.6 is 0 Å². The summed E-state index contributed by atoms with van der Waals surface area (Å²) in [6, 6.07) is -1.05. The van der Waals surface area contributed by atoms with Crippen LogP contribution in [0.3, 0.4) is 0 Å². The second-order valence-corrected chi connectivity index (χ2v) is 5.75. The molecule has 1 radical (unpaired) electrons. The molecule has 0 amide bonds. The highest BCUT2D eigenvalue weighted by atomic mass is 16.6. The fourth-order valence-electron chi connectivity index (χ4n) is 2.05. The van der Waals surface area contributed by atoms with Crippen LogP contribution in [0.5, 0.6) is 0 Å². The second-order valence-electron chi connectivity index (χ2n) is 5.75. The topological polar surface area (TPSA) is 80.4 Å². The van der Waals surface area contributed by atoms with Gasteiger partial charge in [-0.3, -0.25) is 14.9 Å². The van der Waals surface area contributed by atoms with E-state index in [-0.39, 0.29) is 6.42 Å². The lowest BCUT2D eigenvalue weighted by Crippen LogP contribution is -2.31. The maximum absolute atomic E-state index is 11.1. The van der Waals surface area contributed by atoms with Gasteiger partial charge in [-0.2, -0.15) is 0 Å². The molecule has 5 nitrogen and oxygen atoms in total. The van der Waals surface area contributed by atoms with Gasteiger partial charge in [-0.25, -0.2) is 0 Å². The Morgan fingerprint density at radius 1 is 0.963 bits per heavy atom. The van der Waals surface area contributed by atoms with Crippen molar-refractivity contribution in [3.63, 3.8) is 0 Å². The molecule has 0 spiro atoms. The number of nitrogens with zero attached hydrogens (tertiary/aromatic N) is 1. The Balaban J connectivity index is 4.28. The van der Waals surface area contributed by atoms with Crippen LogP contribution in [0.15, 0.2) is 72.9 Å². The summed E-state index contributed by atoms with van der Waals surface area (Å²) < 4.78 is 0. The highest BCUT2D eigenvalue weighted by molar-refractivity contribution is 5.50. The predicted octanol–water partition coefficient (Wildman–Crippen LogP) is 4.80. The number of hydrogen-bond donors (Lipinski definition) is 1. The lowest BCUT2D eigenvalue weighted by molar-refractivity contribution is -0.530. The van der Waals surface area contributed by atoms with E-state index >= 15 is 0 Å². The number of unbranched alkanes of at least 4 members (excludes halogenated alkanes) is 1.